The summed E-state index contributed by atoms with van der Waals surface area (Å²) < 4.78 is 0. The summed E-state index contributed by atoms with van der Waals surface area (Å²) in [5, 5.41) is 14.5. The van der Waals surface area contributed by atoms with Crippen LogP contribution in [0.5, 0.6) is 0 Å². The molecule has 0 spiro atoms. The van der Waals surface area contributed by atoms with Gasteiger partial charge in [0.25, 0.3) is 5.91 Å². The maximum absolute atomic E-state index is 12.4. The van der Waals surface area contributed by atoms with Gasteiger partial charge >= 0.3 is 0 Å². The van der Waals surface area contributed by atoms with Crippen molar-refractivity contribution in [1.29, 1.82) is 0 Å². The Kier molecular flexibility index (Phi) is 10.3. The van der Waals surface area contributed by atoms with Gasteiger partial charge in [0.2, 0.25) is 5.91 Å². The number of hydrogen-bond acceptors (Lipinski definition) is 5. The van der Waals surface area contributed by atoms with Crippen LogP contribution in [-0.2, 0) is 9.59 Å². The zero-order chi connectivity index (χ0) is 24.2. The maximum Gasteiger partial charge on any atom is 0.251 e. The molecule has 0 radical (unpaired) electrons. The Labute approximate surface area is 194 Å². The van der Waals surface area contributed by atoms with Gasteiger partial charge in [-0.15, -0.1) is 0 Å². The van der Waals surface area contributed by atoms with Crippen LogP contribution in [0.3, 0.4) is 0 Å². The third-order valence-corrected chi connectivity index (χ3v) is 4.99. The van der Waals surface area contributed by atoms with Crippen molar-refractivity contribution in [3.8, 4) is 11.8 Å². The lowest BCUT2D eigenvalue weighted by Crippen LogP contribution is -2.52. The molecule has 2 amide bonds. The second-order valence-electron chi connectivity index (χ2n) is 7.84. The topological polar surface area (TPSA) is 122 Å². The van der Waals surface area contributed by atoms with Crippen LogP contribution in [0.15, 0.2) is 48.5 Å². The molecule has 7 nitrogen and oxygen atoms in total. The number of Topliss-reactive ketones (excluding diaryl/α,β-unsaturated/α-hetero) is 1. The van der Waals surface area contributed by atoms with Gasteiger partial charge in [0, 0.05) is 34.8 Å². The number of carbonyl (C=O) groups is 3. The summed E-state index contributed by atoms with van der Waals surface area (Å²) in [6, 6.07) is 12.4. The molecule has 0 saturated heterocycles. The molecule has 0 aliphatic carbocycles. The van der Waals surface area contributed by atoms with Crippen LogP contribution in [0.2, 0.25) is 0 Å². The molecule has 0 saturated carbocycles. The summed E-state index contributed by atoms with van der Waals surface area (Å²) in [4.78, 5) is 36.0. The molecule has 2 rings (SSSR count). The van der Waals surface area contributed by atoms with Gasteiger partial charge in [-0.05, 0) is 61.9 Å². The summed E-state index contributed by atoms with van der Waals surface area (Å²) in [6.07, 6.45) is 3.54. The monoisotopic (exact) mass is 449 g/mol. The van der Waals surface area contributed by atoms with Crippen molar-refractivity contribution in [3.63, 3.8) is 0 Å². The fourth-order valence-corrected chi connectivity index (χ4v) is 3.07. The molecule has 33 heavy (non-hydrogen) atoms. The third kappa shape index (κ3) is 8.53. The average molecular weight is 450 g/mol. The SMILES string of the molecule is CCCCCC(=O)Nc1ccc(C#Cc2ccc(C(=O)N[C@H](C(=O)CO)[C@@H](C)N)cc2)cc1. The summed E-state index contributed by atoms with van der Waals surface area (Å²) in [6.45, 7) is 3.00. The van der Waals surface area contributed by atoms with E-state index in [1.165, 1.54) is 0 Å². The van der Waals surface area contributed by atoms with E-state index in [-0.39, 0.29) is 5.91 Å². The lowest BCUT2D eigenvalue weighted by molar-refractivity contribution is -0.124. The molecular formula is C26H31N3O4. The Balaban J connectivity index is 1.96. The van der Waals surface area contributed by atoms with Crippen molar-refractivity contribution in [2.45, 2.75) is 51.6 Å². The minimum absolute atomic E-state index is 0.0133. The van der Waals surface area contributed by atoms with Crippen molar-refractivity contribution in [1.82, 2.24) is 5.32 Å². The minimum Gasteiger partial charge on any atom is -0.388 e. The molecule has 0 aliphatic rings. The second-order valence-corrected chi connectivity index (χ2v) is 7.84. The van der Waals surface area contributed by atoms with Gasteiger partial charge in [-0.1, -0.05) is 31.6 Å². The number of carbonyl (C=O) groups excluding carboxylic acids is 3. The van der Waals surface area contributed by atoms with E-state index >= 15 is 0 Å². The largest absolute Gasteiger partial charge is 0.388 e. The molecule has 5 N–H and O–H groups in total. The summed E-state index contributed by atoms with van der Waals surface area (Å²) in [5.74, 6) is 5.10. The van der Waals surface area contributed by atoms with E-state index in [0.29, 0.717) is 12.0 Å². The number of aliphatic hydroxyl groups is 1. The molecule has 0 heterocycles. The van der Waals surface area contributed by atoms with Crippen molar-refractivity contribution >= 4 is 23.3 Å². The molecule has 174 valence electrons. The highest BCUT2D eigenvalue weighted by Gasteiger charge is 2.24. The van der Waals surface area contributed by atoms with Crippen LogP contribution in [0.4, 0.5) is 5.69 Å². The number of nitrogens with one attached hydrogen (secondary N) is 2. The fraction of sp³-hybridized carbons (Fsp3) is 0.346. The summed E-state index contributed by atoms with van der Waals surface area (Å²) in [5.41, 5.74) is 8.34. The predicted octanol–water partition coefficient (Wildman–Crippen LogP) is 2.61. The number of nitrogens with two attached hydrogens (primary N) is 1. The van der Waals surface area contributed by atoms with E-state index in [1.807, 2.05) is 24.3 Å². The van der Waals surface area contributed by atoms with Crippen molar-refractivity contribution in [2.75, 3.05) is 11.9 Å². The molecule has 0 bridgehead atoms. The van der Waals surface area contributed by atoms with E-state index in [2.05, 4.69) is 29.4 Å². The number of rotatable bonds is 10. The summed E-state index contributed by atoms with van der Waals surface area (Å²) >= 11 is 0. The maximum atomic E-state index is 12.4. The number of benzene rings is 2. The molecule has 0 unspecified atom stereocenters. The van der Waals surface area contributed by atoms with Gasteiger partial charge in [0.1, 0.15) is 12.6 Å². The zero-order valence-electron chi connectivity index (χ0n) is 19.1. The van der Waals surface area contributed by atoms with Crippen LogP contribution in [0.25, 0.3) is 0 Å². The van der Waals surface area contributed by atoms with Gasteiger partial charge in [0.15, 0.2) is 5.78 Å². The van der Waals surface area contributed by atoms with Gasteiger partial charge in [0.05, 0.1) is 0 Å². The Morgan fingerprint density at radius 2 is 1.55 bits per heavy atom. The molecule has 2 atom stereocenters. The third-order valence-electron chi connectivity index (χ3n) is 4.99. The zero-order valence-corrected chi connectivity index (χ0v) is 19.1. The van der Waals surface area contributed by atoms with E-state index in [4.69, 9.17) is 10.8 Å². The Bertz CT molecular complexity index is 1000. The first-order chi connectivity index (χ1) is 15.8. The van der Waals surface area contributed by atoms with E-state index in [1.54, 1.807) is 31.2 Å². The number of amides is 2. The first-order valence-electron chi connectivity index (χ1n) is 11.1. The first kappa shape index (κ1) is 25.8. The number of ketones is 1. The molecule has 7 heteroatoms. The van der Waals surface area contributed by atoms with Gasteiger partial charge < -0.3 is 21.5 Å². The Morgan fingerprint density at radius 3 is 2.06 bits per heavy atom. The van der Waals surface area contributed by atoms with E-state index < -0.39 is 30.4 Å². The molecule has 0 aliphatic heterocycles. The number of aliphatic hydroxyl groups excluding tert-OH is 1. The lowest BCUT2D eigenvalue weighted by atomic mass is 10.0. The molecule has 0 fully saturated rings. The molecule has 2 aromatic carbocycles. The fourth-order valence-electron chi connectivity index (χ4n) is 3.07. The minimum atomic E-state index is -0.953. The smallest absolute Gasteiger partial charge is 0.251 e. The summed E-state index contributed by atoms with van der Waals surface area (Å²) in [7, 11) is 0. The molecular weight excluding hydrogens is 418 g/mol. The quantitative estimate of drug-likeness (QED) is 0.328. The van der Waals surface area contributed by atoms with Crippen LogP contribution in [0.1, 0.15) is 61.0 Å². The van der Waals surface area contributed by atoms with Crippen LogP contribution in [-0.4, -0.2) is 41.4 Å². The number of hydrogen-bond donors (Lipinski definition) is 4. The lowest BCUT2D eigenvalue weighted by Gasteiger charge is -2.20. The van der Waals surface area contributed by atoms with E-state index in [0.717, 1.165) is 36.1 Å². The van der Waals surface area contributed by atoms with Crippen molar-refractivity contribution < 1.29 is 19.5 Å². The van der Waals surface area contributed by atoms with Gasteiger partial charge in [-0.3, -0.25) is 14.4 Å². The molecule has 2 aromatic rings. The second kappa shape index (κ2) is 13.2. The first-order valence-corrected chi connectivity index (χ1v) is 11.1. The number of anilines is 1. The Morgan fingerprint density at radius 1 is 0.970 bits per heavy atom. The highest BCUT2D eigenvalue weighted by Crippen LogP contribution is 2.11. The van der Waals surface area contributed by atoms with Gasteiger partial charge in [-0.25, -0.2) is 0 Å². The van der Waals surface area contributed by atoms with Crippen molar-refractivity contribution in [3.05, 3.63) is 65.2 Å². The Hall–Kier alpha value is -3.47. The average Bonchev–Trinajstić information content (AvgIpc) is 2.81. The standard InChI is InChI=1S/C26H31N3O4/c1-3-4-5-6-24(32)28-22-15-11-20(12-16-22)8-7-19-9-13-21(14-10-19)26(33)29-25(18(2)27)23(31)17-30/h9-16,18,25,30H,3-6,17,27H2,1-2H3,(H,28,32)(H,29,33)/t18-,25+/m1/s1. The van der Waals surface area contributed by atoms with Crippen LogP contribution in [0, 0.1) is 11.8 Å². The van der Waals surface area contributed by atoms with Crippen LogP contribution >= 0.6 is 0 Å². The highest BCUT2D eigenvalue weighted by atomic mass is 16.3. The molecule has 0 aromatic heterocycles. The number of unbranched alkanes of at least 4 members (excludes halogenated alkanes) is 2. The van der Waals surface area contributed by atoms with Gasteiger partial charge in [-0.2, -0.15) is 0 Å². The van der Waals surface area contributed by atoms with Crippen molar-refractivity contribution in [2.24, 2.45) is 5.73 Å². The van der Waals surface area contributed by atoms with E-state index in [9.17, 15) is 14.4 Å². The highest BCUT2D eigenvalue weighted by molar-refractivity contribution is 5.98. The van der Waals surface area contributed by atoms with Crippen LogP contribution < -0.4 is 16.4 Å². The normalized spacial score (nSPS) is 12.1. The predicted molar refractivity (Wildman–Crippen MR) is 129 cm³/mol.